The molecule has 0 amide bonds. The molecule has 0 radical (unpaired) electrons. The fraction of sp³-hybridized carbons (Fsp3) is 0.438. The molecular formula is C16H23ClFN4O2S+. The molecule has 0 aliphatic rings. The minimum atomic E-state index is -3.57. The zero-order chi connectivity index (χ0) is 18.9. The smallest absolute Gasteiger partial charge is 0.246 e. The number of aryl methyl sites for hydroxylation is 1. The van der Waals surface area contributed by atoms with E-state index < -0.39 is 10.0 Å². The Morgan fingerprint density at radius 1 is 1.32 bits per heavy atom. The maximum absolute atomic E-state index is 13.9. The SMILES string of the molecule is Cc1nn(C[NH+](C)Cc2c(F)cccc2Cl)c(C)c1S(=O)(=O)N(C)C. The molecule has 25 heavy (non-hydrogen) atoms. The van der Waals surface area contributed by atoms with Crippen molar-refractivity contribution in [3.05, 3.63) is 46.0 Å². The number of nitrogens with one attached hydrogen (secondary N) is 1. The summed E-state index contributed by atoms with van der Waals surface area (Å²) in [5.74, 6) is -0.351. The Morgan fingerprint density at radius 3 is 2.52 bits per heavy atom. The number of aromatic nitrogens is 2. The molecule has 0 bridgehead atoms. The second-order valence-electron chi connectivity index (χ2n) is 6.28. The predicted octanol–water partition coefficient (Wildman–Crippen LogP) is 1.22. The first-order valence-corrected chi connectivity index (χ1v) is 9.58. The summed E-state index contributed by atoms with van der Waals surface area (Å²) in [6, 6.07) is 4.59. The molecule has 0 saturated heterocycles. The molecule has 0 aliphatic heterocycles. The molecule has 1 N–H and O–H groups in total. The Bertz CT molecular complexity index is 860. The van der Waals surface area contributed by atoms with Crippen LogP contribution in [-0.2, 0) is 23.2 Å². The Kier molecular flexibility index (Phi) is 5.88. The maximum atomic E-state index is 13.9. The van der Waals surface area contributed by atoms with E-state index in [2.05, 4.69) is 5.10 Å². The van der Waals surface area contributed by atoms with Gasteiger partial charge in [-0.2, -0.15) is 5.10 Å². The largest absolute Gasteiger partial charge is 0.315 e. The van der Waals surface area contributed by atoms with E-state index in [0.29, 0.717) is 35.2 Å². The summed E-state index contributed by atoms with van der Waals surface area (Å²) in [5, 5.41) is 4.73. The molecule has 0 fully saturated rings. The number of benzene rings is 1. The van der Waals surface area contributed by atoms with Gasteiger partial charge in [-0.3, -0.25) is 0 Å². The molecule has 0 aliphatic carbocycles. The molecule has 6 nitrogen and oxygen atoms in total. The fourth-order valence-corrected chi connectivity index (χ4v) is 4.19. The maximum Gasteiger partial charge on any atom is 0.246 e. The van der Waals surface area contributed by atoms with Crippen LogP contribution in [0, 0.1) is 19.7 Å². The van der Waals surface area contributed by atoms with Crippen molar-refractivity contribution in [1.29, 1.82) is 0 Å². The number of sulfonamides is 1. The second kappa shape index (κ2) is 7.41. The summed E-state index contributed by atoms with van der Waals surface area (Å²) in [7, 11) is 1.29. The van der Waals surface area contributed by atoms with Crippen LogP contribution in [0.2, 0.25) is 5.02 Å². The van der Waals surface area contributed by atoms with Gasteiger partial charge in [-0.1, -0.05) is 17.7 Å². The lowest BCUT2D eigenvalue weighted by Gasteiger charge is -2.16. The standard InChI is InChI=1S/C16H22ClFN4O2S/c1-11-16(25(23,24)20(3)4)12(2)22(19-11)10-21(5)9-13-14(17)7-6-8-15(13)18/h6-8H,9-10H2,1-5H3/p+1. The van der Waals surface area contributed by atoms with E-state index in [0.717, 1.165) is 4.90 Å². The first-order valence-electron chi connectivity index (χ1n) is 7.76. The molecule has 1 aromatic heterocycles. The monoisotopic (exact) mass is 389 g/mol. The molecule has 1 heterocycles. The molecule has 1 aromatic carbocycles. The molecule has 1 atom stereocenters. The first-order chi connectivity index (χ1) is 11.6. The number of hydrogen-bond acceptors (Lipinski definition) is 3. The second-order valence-corrected chi connectivity index (χ2v) is 8.77. The number of rotatable bonds is 6. The summed E-state index contributed by atoms with van der Waals surface area (Å²) in [4.78, 5) is 1.14. The molecule has 2 rings (SSSR count). The highest BCUT2D eigenvalue weighted by Gasteiger charge is 2.27. The third kappa shape index (κ3) is 4.03. The quantitative estimate of drug-likeness (QED) is 0.808. The highest BCUT2D eigenvalue weighted by atomic mass is 35.5. The van der Waals surface area contributed by atoms with Crippen LogP contribution in [-0.4, -0.2) is 43.6 Å². The minimum absolute atomic E-state index is 0.217. The van der Waals surface area contributed by atoms with Crippen molar-refractivity contribution in [3.63, 3.8) is 0 Å². The lowest BCUT2D eigenvalue weighted by atomic mass is 10.2. The van der Waals surface area contributed by atoms with Gasteiger partial charge >= 0.3 is 0 Å². The van der Waals surface area contributed by atoms with Gasteiger partial charge in [0.2, 0.25) is 10.0 Å². The van der Waals surface area contributed by atoms with Crippen molar-refractivity contribution in [1.82, 2.24) is 14.1 Å². The van der Waals surface area contributed by atoms with E-state index in [-0.39, 0.29) is 10.7 Å². The van der Waals surface area contributed by atoms with Crippen molar-refractivity contribution in [3.8, 4) is 0 Å². The van der Waals surface area contributed by atoms with E-state index in [4.69, 9.17) is 11.6 Å². The molecule has 138 valence electrons. The summed E-state index contributed by atoms with van der Waals surface area (Å²) in [6.07, 6.45) is 0. The average Bonchev–Trinajstić information content (AvgIpc) is 2.77. The molecule has 9 heteroatoms. The minimum Gasteiger partial charge on any atom is -0.315 e. The van der Waals surface area contributed by atoms with Gasteiger partial charge in [-0.25, -0.2) is 21.8 Å². The van der Waals surface area contributed by atoms with Crippen LogP contribution in [0.25, 0.3) is 0 Å². The van der Waals surface area contributed by atoms with Crippen molar-refractivity contribution in [2.75, 3.05) is 21.1 Å². The predicted molar refractivity (Wildman–Crippen MR) is 94.6 cm³/mol. The van der Waals surface area contributed by atoms with Gasteiger partial charge in [-0.15, -0.1) is 0 Å². The summed E-state index contributed by atoms with van der Waals surface area (Å²) in [5.41, 5.74) is 1.44. The fourth-order valence-electron chi connectivity index (χ4n) is 2.70. The third-order valence-electron chi connectivity index (χ3n) is 4.01. The number of halogens is 2. The van der Waals surface area contributed by atoms with Crippen molar-refractivity contribution in [2.45, 2.75) is 32.0 Å². The van der Waals surface area contributed by atoms with Crippen LogP contribution in [0.3, 0.4) is 0 Å². The topological polar surface area (TPSA) is 59.6 Å². The van der Waals surface area contributed by atoms with Gasteiger partial charge < -0.3 is 4.90 Å². The summed E-state index contributed by atoms with van der Waals surface area (Å²) < 4.78 is 41.6. The zero-order valence-corrected chi connectivity index (χ0v) is 16.5. The zero-order valence-electron chi connectivity index (χ0n) is 15.0. The lowest BCUT2D eigenvalue weighted by Crippen LogP contribution is -3.07. The first kappa shape index (κ1) is 19.8. The Morgan fingerprint density at radius 2 is 1.96 bits per heavy atom. The highest BCUT2D eigenvalue weighted by molar-refractivity contribution is 7.89. The van der Waals surface area contributed by atoms with Gasteiger partial charge in [0.15, 0.2) is 6.67 Å². The number of nitrogens with zero attached hydrogens (tertiary/aromatic N) is 3. The Hall–Kier alpha value is -1.48. The van der Waals surface area contributed by atoms with E-state index in [1.54, 1.807) is 30.7 Å². The van der Waals surface area contributed by atoms with E-state index >= 15 is 0 Å². The summed E-state index contributed by atoms with van der Waals surface area (Å²) in [6.45, 7) is 4.14. The van der Waals surface area contributed by atoms with Crippen LogP contribution in [0.5, 0.6) is 0 Å². The van der Waals surface area contributed by atoms with E-state index in [9.17, 15) is 12.8 Å². The van der Waals surface area contributed by atoms with Crippen molar-refractivity contribution < 1.29 is 17.7 Å². The average molecular weight is 390 g/mol. The third-order valence-corrected chi connectivity index (χ3v) is 6.44. The van der Waals surface area contributed by atoms with E-state index in [1.807, 2.05) is 7.05 Å². The molecular weight excluding hydrogens is 367 g/mol. The summed E-state index contributed by atoms with van der Waals surface area (Å²) >= 11 is 6.07. The molecule has 2 aromatic rings. The van der Waals surface area contributed by atoms with Gasteiger partial charge in [0.1, 0.15) is 17.3 Å². The molecule has 0 saturated carbocycles. The highest BCUT2D eigenvalue weighted by Crippen LogP contribution is 2.21. The normalized spacial score (nSPS) is 13.4. The lowest BCUT2D eigenvalue weighted by molar-refractivity contribution is -0.917. The van der Waals surface area contributed by atoms with Crippen LogP contribution in [0.15, 0.2) is 23.1 Å². The van der Waals surface area contributed by atoms with E-state index in [1.165, 1.54) is 24.5 Å². The number of quaternary nitrogens is 1. The van der Waals surface area contributed by atoms with Crippen LogP contribution < -0.4 is 4.90 Å². The van der Waals surface area contributed by atoms with Crippen molar-refractivity contribution in [2.24, 2.45) is 0 Å². The molecule has 0 spiro atoms. The van der Waals surface area contributed by atoms with Crippen LogP contribution >= 0.6 is 11.6 Å². The van der Waals surface area contributed by atoms with Crippen LogP contribution in [0.4, 0.5) is 4.39 Å². The Labute approximate surface area is 152 Å². The Balaban J connectivity index is 2.27. The van der Waals surface area contributed by atoms with Crippen LogP contribution in [0.1, 0.15) is 17.0 Å². The van der Waals surface area contributed by atoms with Gasteiger partial charge in [0.25, 0.3) is 0 Å². The molecule has 1 unspecified atom stereocenters. The van der Waals surface area contributed by atoms with Crippen molar-refractivity contribution >= 4 is 21.6 Å². The number of hydrogen-bond donors (Lipinski definition) is 1. The van der Waals surface area contributed by atoms with Gasteiger partial charge in [0.05, 0.1) is 29.0 Å². The van der Waals surface area contributed by atoms with Gasteiger partial charge in [-0.05, 0) is 26.0 Å². The van der Waals surface area contributed by atoms with Gasteiger partial charge in [0, 0.05) is 14.1 Å².